The Balaban J connectivity index is 1.90. The first-order valence-electron chi connectivity index (χ1n) is 6.72. The van der Waals surface area contributed by atoms with Gasteiger partial charge in [-0.05, 0) is 58.7 Å². The molecule has 0 aliphatic heterocycles. The molecule has 0 radical (unpaired) electrons. The number of amides is 1. The number of nitrogens with one attached hydrogen (secondary N) is 1. The van der Waals surface area contributed by atoms with Gasteiger partial charge >= 0.3 is 0 Å². The van der Waals surface area contributed by atoms with Gasteiger partial charge in [0.1, 0.15) is 5.75 Å². The zero-order valence-electron chi connectivity index (χ0n) is 12.3. The Morgan fingerprint density at radius 2 is 2.04 bits per heavy atom. The molecule has 0 saturated heterocycles. The molecule has 0 aliphatic rings. The maximum atomic E-state index is 11.8. The van der Waals surface area contributed by atoms with Crippen molar-refractivity contribution in [2.24, 2.45) is 5.10 Å². The minimum Gasteiger partial charge on any atom is -0.483 e. The lowest BCUT2D eigenvalue weighted by atomic mass is 10.1. The Hall–Kier alpha value is -1.86. The largest absolute Gasteiger partial charge is 0.483 e. The zero-order valence-corrected chi connectivity index (χ0v) is 15.5. The van der Waals surface area contributed by atoms with Gasteiger partial charge in [-0.15, -0.1) is 0 Å². The van der Waals surface area contributed by atoms with Crippen molar-refractivity contribution in [2.75, 3.05) is 12.3 Å². The van der Waals surface area contributed by atoms with Crippen molar-refractivity contribution in [3.63, 3.8) is 0 Å². The van der Waals surface area contributed by atoms with E-state index in [1.54, 1.807) is 25.1 Å². The molecule has 1 amide bonds. The molecule has 5 nitrogen and oxygen atoms in total. The summed E-state index contributed by atoms with van der Waals surface area (Å²) in [6.07, 6.45) is 0. The lowest BCUT2D eigenvalue weighted by molar-refractivity contribution is -0.123. The number of halogens is 2. The van der Waals surface area contributed by atoms with Gasteiger partial charge in [0.05, 0.1) is 10.2 Å². The molecule has 0 aromatic heterocycles. The summed E-state index contributed by atoms with van der Waals surface area (Å²) in [5.74, 6) is 0.239. The van der Waals surface area contributed by atoms with Crippen LogP contribution in [0.2, 0.25) is 0 Å². The highest BCUT2D eigenvalue weighted by molar-refractivity contribution is 9.11. The average molecular weight is 441 g/mol. The normalized spacial score (nSPS) is 11.2. The Labute approximate surface area is 151 Å². The van der Waals surface area contributed by atoms with Gasteiger partial charge in [0.2, 0.25) is 0 Å². The summed E-state index contributed by atoms with van der Waals surface area (Å²) in [6, 6.07) is 12.7. The van der Waals surface area contributed by atoms with Crippen LogP contribution in [0.3, 0.4) is 0 Å². The van der Waals surface area contributed by atoms with Crippen molar-refractivity contribution in [3.05, 3.63) is 57.0 Å². The number of benzene rings is 2. The van der Waals surface area contributed by atoms with Crippen LogP contribution < -0.4 is 15.9 Å². The van der Waals surface area contributed by atoms with Crippen molar-refractivity contribution >= 4 is 49.2 Å². The number of rotatable bonds is 5. The fraction of sp³-hybridized carbons (Fsp3) is 0.125. The van der Waals surface area contributed by atoms with Crippen LogP contribution in [0.1, 0.15) is 12.5 Å². The van der Waals surface area contributed by atoms with E-state index in [4.69, 9.17) is 10.5 Å². The number of hydrogen-bond acceptors (Lipinski definition) is 4. The molecule has 0 saturated carbocycles. The molecule has 120 valence electrons. The second kappa shape index (κ2) is 8.12. The van der Waals surface area contributed by atoms with Crippen molar-refractivity contribution in [1.82, 2.24) is 5.43 Å². The molecule has 0 bridgehead atoms. The summed E-state index contributed by atoms with van der Waals surface area (Å²) in [5.41, 5.74) is 10.3. The van der Waals surface area contributed by atoms with Crippen molar-refractivity contribution in [1.29, 1.82) is 0 Å². The first kappa shape index (κ1) is 17.5. The van der Waals surface area contributed by atoms with Gasteiger partial charge < -0.3 is 10.5 Å². The topological polar surface area (TPSA) is 76.7 Å². The van der Waals surface area contributed by atoms with Crippen molar-refractivity contribution < 1.29 is 9.53 Å². The van der Waals surface area contributed by atoms with Gasteiger partial charge in [-0.2, -0.15) is 5.10 Å². The molecule has 0 aliphatic carbocycles. The highest BCUT2D eigenvalue weighted by Crippen LogP contribution is 2.28. The number of nitrogens with zero attached hydrogens (tertiary/aromatic N) is 1. The standard InChI is InChI=1S/C16H15Br2N3O2/c1-10(11-3-2-4-13(19)7-11)20-21-16(22)9-23-15-6-5-12(17)8-14(15)18/h2-8H,9,19H2,1H3,(H,21,22). The van der Waals surface area contributed by atoms with Crippen molar-refractivity contribution in [3.8, 4) is 5.75 Å². The molecule has 7 heteroatoms. The third-order valence-corrected chi connectivity index (χ3v) is 4.02. The van der Waals surface area contributed by atoms with Crippen LogP contribution in [0.15, 0.2) is 56.5 Å². The van der Waals surface area contributed by atoms with Crippen LogP contribution in [0, 0.1) is 0 Å². The van der Waals surface area contributed by atoms with E-state index in [-0.39, 0.29) is 12.5 Å². The Morgan fingerprint density at radius 3 is 2.74 bits per heavy atom. The summed E-state index contributed by atoms with van der Waals surface area (Å²) in [6.45, 7) is 1.66. The molecule has 0 fully saturated rings. The van der Waals surface area contributed by atoms with Crippen LogP contribution in [-0.2, 0) is 4.79 Å². The fourth-order valence-corrected chi connectivity index (χ4v) is 2.90. The van der Waals surface area contributed by atoms with Gasteiger partial charge in [0, 0.05) is 10.2 Å². The summed E-state index contributed by atoms with van der Waals surface area (Å²) < 4.78 is 7.12. The number of nitrogens with two attached hydrogens (primary N) is 1. The minimum absolute atomic E-state index is 0.131. The molecule has 23 heavy (non-hydrogen) atoms. The number of ether oxygens (including phenoxy) is 1. The van der Waals surface area contributed by atoms with Gasteiger partial charge in [0.15, 0.2) is 6.61 Å². The molecule has 0 spiro atoms. The predicted molar refractivity (Wildman–Crippen MR) is 98.5 cm³/mol. The van der Waals surface area contributed by atoms with Crippen LogP contribution >= 0.6 is 31.9 Å². The van der Waals surface area contributed by atoms with E-state index < -0.39 is 0 Å². The maximum absolute atomic E-state index is 11.8. The van der Waals surface area contributed by atoms with E-state index >= 15 is 0 Å². The minimum atomic E-state index is -0.344. The number of hydrazone groups is 1. The molecule has 2 rings (SSSR count). The number of hydrogen-bond donors (Lipinski definition) is 2. The molecule has 0 unspecified atom stereocenters. The Bertz CT molecular complexity index is 748. The van der Waals surface area contributed by atoms with Gasteiger partial charge in [0.25, 0.3) is 5.91 Å². The molecular weight excluding hydrogens is 426 g/mol. The van der Waals surface area contributed by atoms with E-state index in [2.05, 4.69) is 42.4 Å². The van der Waals surface area contributed by atoms with E-state index in [1.807, 2.05) is 24.3 Å². The molecule has 0 atom stereocenters. The number of nitrogen functional groups attached to an aromatic ring is 1. The van der Waals surface area contributed by atoms with Crippen molar-refractivity contribution in [2.45, 2.75) is 6.92 Å². The molecule has 2 aromatic rings. The molecule has 3 N–H and O–H groups in total. The van der Waals surface area contributed by atoms with Gasteiger partial charge in [-0.3, -0.25) is 4.79 Å². The van der Waals surface area contributed by atoms with E-state index in [0.717, 1.165) is 14.5 Å². The van der Waals surface area contributed by atoms with Crippen LogP contribution in [0.5, 0.6) is 5.75 Å². The van der Waals surface area contributed by atoms with E-state index in [0.29, 0.717) is 17.1 Å². The van der Waals surface area contributed by atoms with E-state index in [9.17, 15) is 4.79 Å². The van der Waals surface area contributed by atoms with Crippen LogP contribution in [0.25, 0.3) is 0 Å². The highest BCUT2D eigenvalue weighted by atomic mass is 79.9. The second-order valence-electron chi connectivity index (χ2n) is 4.72. The molecular formula is C16H15Br2N3O2. The summed E-state index contributed by atoms with van der Waals surface area (Å²) in [4.78, 5) is 11.8. The van der Waals surface area contributed by atoms with Gasteiger partial charge in [-0.25, -0.2) is 5.43 Å². The third-order valence-electron chi connectivity index (χ3n) is 2.91. The second-order valence-corrected chi connectivity index (χ2v) is 6.49. The summed E-state index contributed by atoms with van der Waals surface area (Å²) in [5, 5.41) is 4.05. The lowest BCUT2D eigenvalue weighted by Crippen LogP contribution is -2.25. The first-order valence-corrected chi connectivity index (χ1v) is 8.31. The van der Waals surface area contributed by atoms with Gasteiger partial charge in [-0.1, -0.05) is 28.1 Å². The summed E-state index contributed by atoms with van der Waals surface area (Å²) >= 11 is 6.72. The highest BCUT2D eigenvalue weighted by Gasteiger charge is 2.06. The Kier molecular flexibility index (Phi) is 6.18. The SMILES string of the molecule is CC(=NNC(=O)COc1ccc(Br)cc1Br)c1cccc(N)c1. The quantitative estimate of drug-likeness (QED) is 0.422. The van der Waals surface area contributed by atoms with Crippen LogP contribution in [0.4, 0.5) is 5.69 Å². The van der Waals surface area contributed by atoms with Crippen LogP contribution in [-0.4, -0.2) is 18.2 Å². The average Bonchev–Trinajstić information content (AvgIpc) is 2.51. The maximum Gasteiger partial charge on any atom is 0.277 e. The first-order chi connectivity index (χ1) is 11.0. The lowest BCUT2D eigenvalue weighted by Gasteiger charge is -2.08. The smallest absolute Gasteiger partial charge is 0.277 e. The monoisotopic (exact) mass is 439 g/mol. The number of carbonyl (C=O) groups excluding carboxylic acids is 1. The fourth-order valence-electron chi connectivity index (χ4n) is 1.74. The predicted octanol–water partition coefficient (Wildman–Crippen LogP) is 3.71. The third kappa shape index (κ3) is 5.37. The molecule has 0 heterocycles. The summed E-state index contributed by atoms with van der Waals surface area (Å²) in [7, 11) is 0. The number of carbonyl (C=O) groups is 1. The zero-order chi connectivity index (χ0) is 16.8. The Morgan fingerprint density at radius 1 is 1.26 bits per heavy atom. The van der Waals surface area contributed by atoms with E-state index in [1.165, 1.54) is 0 Å². The number of anilines is 1. The molecule has 2 aromatic carbocycles.